The van der Waals surface area contributed by atoms with Crippen LogP contribution in [0.4, 0.5) is 0 Å². The average Bonchev–Trinajstić information content (AvgIpc) is 2.31. The molecule has 0 bridgehead atoms. The lowest BCUT2D eigenvalue weighted by Crippen LogP contribution is -2.10. The van der Waals surface area contributed by atoms with Crippen LogP contribution in [0, 0.1) is 6.92 Å². The first-order valence-electron chi connectivity index (χ1n) is 4.13. The molecule has 1 aromatic rings. The van der Waals surface area contributed by atoms with Gasteiger partial charge in [0.25, 0.3) is 0 Å². The third-order valence-electron chi connectivity index (χ3n) is 1.63. The Morgan fingerprint density at radius 1 is 1.33 bits per heavy atom. The normalized spacial score (nSPS) is 13.8. The average molecular weight is 169 g/mol. The monoisotopic (exact) mass is 169 g/mol. The molecule has 0 spiro atoms. The molecule has 0 saturated carbocycles. The molecule has 1 rings (SSSR count). The molecule has 1 aromatic heterocycles. The van der Waals surface area contributed by atoms with Crippen LogP contribution < -0.4 is 0 Å². The van der Waals surface area contributed by atoms with Crippen molar-refractivity contribution >= 4 is 0 Å². The van der Waals surface area contributed by atoms with Gasteiger partial charge in [-0.15, -0.1) is 0 Å². The van der Waals surface area contributed by atoms with Crippen LogP contribution in [0.15, 0.2) is 0 Å². The third kappa shape index (κ3) is 1.64. The van der Waals surface area contributed by atoms with Gasteiger partial charge in [-0.3, -0.25) is 0 Å². The highest BCUT2D eigenvalue weighted by Gasteiger charge is 2.13. The van der Waals surface area contributed by atoms with Crippen molar-refractivity contribution in [3.8, 4) is 0 Å². The second-order valence-corrected chi connectivity index (χ2v) is 3.23. The minimum atomic E-state index is -0.548. The predicted molar refractivity (Wildman–Crippen MR) is 45.8 cm³/mol. The van der Waals surface area contributed by atoms with Gasteiger partial charge in [-0.25, -0.2) is 9.67 Å². The molecule has 1 N–H and O–H groups in total. The minimum Gasteiger partial charge on any atom is -0.385 e. The van der Waals surface area contributed by atoms with E-state index in [9.17, 15) is 5.11 Å². The molecule has 1 atom stereocenters. The fourth-order valence-corrected chi connectivity index (χ4v) is 1.11. The Labute approximate surface area is 72.2 Å². The number of nitrogens with zero attached hydrogens (tertiary/aromatic N) is 3. The summed E-state index contributed by atoms with van der Waals surface area (Å²) in [6.07, 6.45) is -0.548. The summed E-state index contributed by atoms with van der Waals surface area (Å²) < 4.78 is 1.75. The van der Waals surface area contributed by atoms with Gasteiger partial charge in [0.1, 0.15) is 11.9 Å². The van der Waals surface area contributed by atoms with Crippen LogP contribution in [0.5, 0.6) is 0 Å². The third-order valence-corrected chi connectivity index (χ3v) is 1.63. The zero-order chi connectivity index (χ0) is 9.30. The zero-order valence-corrected chi connectivity index (χ0v) is 7.94. The maximum Gasteiger partial charge on any atom is 0.156 e. The van der Waals surface area contributed by atoms with E-state index in [-0.39, 0.29) is 6.04 Å². The summed E-state index contributed by atoms with van der Waals surface area (Å²) >= 11 is 0. The quantitative estimate of drug-likeness (QED) is 0.724. The van der Waals surface area contributed by atoms with Crippen LogP contribution in [-0.2, 0) is 0 Å². The molecule has 0 aliphatic heterocycles. The van der Waals surface area contributed by atoms with E-state index < -0.39 is 6.10 Å². The van der Waals surface area contributed by atoms with Gasteiger partial charge in [0.2, 0.25) is 0 Å². The molecule has 0 saturated heterocycles. The van der Waals surface area contributed by atoms with Crippen LogP contribution in [0.3, 0.4) is 0 Å². The van der Waals surface area contributed by atoms with Gasteiger partial charge in [-0.05, 0) is 27.7 Å². The summed E-state index contributed by atoms with van der Waals surface area (Å²) in [5.41, 5.74) is 0. The van der Waals surface area contributed by atoms with Crippen LogP contribution in [0.1, 0.15) is 44.6 Å². The Kier molecular flexibility index (Phi) is 2.47. The van der Waals surface area contributed by atoms with Crippen LogP contribution in [0.25, 0.3) is 0 Å². The fraction of sp³-hybridized carbons (Fsp3) is 0.750. The zero-order valence-electron chi connectivity index (χ0n) is 7.94. The smallest absolute Gasteiger partial charge is 0.156 e. The molecule has 4 heteroatoms. The summed E-state index contributed by atoms with van der Waals surface area (Å²) in [6, 6.07) is 0.246. The summed E-state index contributed by atoms with van der Waals surface area (Å²) in [5.74, 6) is 1.35. The van der Waals surface area contributed by atoms with Crippen molar-refractivity contribution in [2.45, 2.75) is 39.8 Å². The highest BCUT2D eigenvalue weighted by Crippen LogP contribution is 2.13. The molecule has 4 nitrogen and oxygen atoms in total. The lowest BCUT2D eigenvalue weighted by molar-refractivity contribution is 0.179. The van der Waals surface area contributed by atoms with Crippen molar-refractivity contribution in [2.24, 2.45) is 0 Å². The SMILES string of the molecule is Cc1nc(C(C)O)n(C(C)C)n1. The van der Waals surface area contributed by atoms with Gasteiger partial charge >= 0.3 is 0 Å². The summed E-state index contributed by atoms with van der Waals surface area (Å²) in [5, 5.41) is 13.5. The molecule has 0 aliphatic carbocycles. The van der Waals surface area contributed by atoms with Crippen molar-refractivity contribution in [1.29, 1.82) is 0 Å². The molecule has 1 unspecified atom stereocenters. The fourth-order valence-electron chi connectivity index (χ4n) is 1.11. The second kappa shape index (κ2) is 3.23. The van der Waals surface area contributed by atoms with E-state index in [1.54, 1.807) is 11.6 Å². The molecule has 0 fully saturated rings. The number of aliphatic hydroxyl groups is 1. The maximum atomic E-state index is 9.34. The van der Waals surface area contributed by atoms with Crippen LogP contribution >= 0.6 is 0 Å². The number of aliphatic hydroxyl groups excluding tert-OH is 1. The van der Waals surface area contributed by atoms with Crippen molar-refractivity contribution in [3.05, 3.63) is 11.6 Å². The molecule has 0 amide bonds. The number of hydrogen-bond acceptors (Lipinski definition) is 3. The summed E-state index contributed by atoms with van der Waals surface area (Å²) in [4.78, 5) is 4.13. The van der Waals surface area contributed by atoms with Gasteiger partial charge in [-0.1, -0.05) is 0 Å². The van der Waals surface area contributed by atoms with Gasteiger partial charge in [-0.2, -0.15) is 5.10 Å². The second-order valence-electron chi connectivity index (χ2n) is 3.23. The van der Waals surface area contributed by atoms with Crippen molar-refractivity contribution < 1.29 is 5.11 Å². The first-order valence-corrected chi connectivity index (χ1v) is 4.13. The van der Waals surface area contributed by atoms with Crippen LogP contribution in [0.2, 0.25) is 0 Å². The Bertz CT molecular complexity index is 240. The van der Waals surface area contributed by atoms with Crippen molar-refractivity contribution in [1.82, 2.24) is 14.8 Å². The lowest BCUT2D eigenvalue weighted by atomic mass is 10.3. The Morgan fingerprint density at radius 3 is 2.25 bits per heavy atom. The number of aromatic nitrogens is 3. The van der Waals surface area contributed by atoms with Crippen LogP contribution in [-0.4, -0.2) is 19.9 Å². The Morgan fingerprint density at radius 2 is 1.92 bits per heavy atom. The molecular formula is C8H15N3O. The number of rotatable bonds is 2. The Hall–Kier alpha value is -0.900. The molecule has 68 valence electrons. The van der Waals surface area contributed by atoms with E-state index in [4.69, 9.17) is 0 Å². The van der Waals surface area contributed by atoms with Gasteiger partial charge in [0, 0.05) is 6.04 Å². The van der Waals surface area contributed by atoms with Crippen molar-refractivity contribution in [3.63, 3.8) is 0 Å². The molecule has 12 heavy (non-hydrogen) atoms. The number of aryl methyl sites for hydroxylation is 1. The molecule has 1 heterocycles. The van der Waals surface area contributed by atoms with E-state index in [1.165, 1.54) is 0 Å². The molecule has 0 radical (unpaired) electrons. The Balaban J connectivity index is 3.08. The first kappa shape index (κ1) is 9.19. The molecule has 0 aromatic carbocycles. The highest BCUT2D eigenvalue weighted by molar-refractivity contribution is 4.95. The van der Waals surface area contributed by atoms with E-state index >= 15 is 0 Å². The predicted octanol–water partition coefficient (Wildman–Crippen LogP) is 1.22. The standard InChI is InChI=1S/C8H15N3O/c1-5(2)11-8(6(3)12)9-7(4)10-11/h5-6,12H,1-4H3. The van der Waals surface area contributed by atoms with Gasteiger partial charge in [0.15, 0.2) is 5.82 Å². The minimum absolute atomic E-state index is 0.246. The molecule has 0 aliphatic rings. The number of hydrogen-bond donors (Lipinski definition) is 1. The van der Waals surface area contributed by atoms with E-state index in [0.29, 0.717) is 11.6 Å². The maximum absolute atomic E-state index is 9.34. The summed E-state index contributed by atoms with van der Waals surface area (Å²) in [7, 11) is 0. The van der Waals surface area contributed by atoms with Gasteiger partial charge < -0.3 is 5.11 Å². The van der Waals surface area contributed by atoms with Gasteiger partial charge in [0.05, 0.1) is 0 Å². The lowest BCUT2D eigenvalue weighted by Gasteiger charge is -2.10. The largest absolute Gasteiger partial charge is 0.385 e. The summed E-state index contributed by atoms with van der Waals surface area (Å²) in [6.45, 7) is 7.55. The van der Waals surface area contributed by atoms with E-state index in [2.05, 4.69) is 10.1 Å². The first-order chi connectivity index (χ1) is 5.52. The molecular weight excluding hydrogens is 154 g/mol. The van der Waals surface area contributed by atoms with E-state index in [0.717, 1.165) is 0 Å². The van der Waals surface area contributed by atoms with E-state index in [1.807, 2.05) is 20.8 Å². The highest BCUT2D eigenvalue weighted by atomic mass is 16.3. The topological polar surface area (TPSA) is 50.9 Å². The van der Waals surface area contributed by atoms with Crippen molar-refractivity contribution in [2.75, 3.05) is 0 Å².